The fourth-order valence-electron chi connectivity index (χ4n) is 4.33. The minimum atomic E-state index is -0.268. The first kappa shape index (κ1) is 18.1. The molecule has 1 aliphatic rings. The maximum absolute atomic E-state index is 13.7. The fraction of sp³-hybridized carbons (Fsp3) is 0.208. The van der Waals surface area contributed by atoms with E-state index in [1.165, 1.54) is 23.3 Å². The monoisotopic (exact) mass is 404 g/mol. The van der Waals surface area contributed by atoms with Crippen LogP contribution < -0.4 is 5.32 Å². The lowest BCUT2D eigenvalue weighted by Gasteiger charge is -2.26. The van der Waals surface area contributed by atoms with Crippen molar-refractivity contribution in [2.45, 2.75) is 31.8 Å². The normalized spacial score (nSPS) is 16.0. The van der Waals surface area contributed by atoms with Gasteiger partial charge in [-0.1, -0.05) is 30.3 Å². The van der Waals surface area contributed by atoms with Gasteiger partial charge in [0, 0.05) is 10.9 Å². The van der Waals surface area contributed by atoms with E-state index in [9.17, 15) is 9.18 Å². The van der Waals surface area contributed by atoms with Crippen molar-refractivity contribution in [1.29, 1.82) is 0 Å². The first-order valence-electron chi connectivity index (χ1n) is 9.89. The molecule has 0 aliphatic heterocycles. The van der Waals surface area contributed by atoms with Crippen LogP contribution in [0.4, 0.5) is 4.39 Å². The Morgan fingerprint density at radius 2 is 2.03 bits per heavy atom. The highest BCUT2D eigenvalue weighted by atomic mass is 32.1. The molecule has 29 heavy (non-hydrogen) atoms. The molecule has 1 aliphatic carbocycles. The average Bonchev–Trinajstić information content (AvgIpc) is 3.36. The summed E-state index contributed by atoms with van der Waals surface area (Å²) in [4.78, 5) is 14.1. The SMILES string of the molecule is O=C(Cn1c(-c2cccs2)cc2cc(F)ccc21)N[C@@H]1CCCc2ccccc21. The van der Waals surface area contributed by atoms with E-state index in [1.807, 2.05) is 34.2 Å². The standard InChI is InChI=1S/C24H21FN2OS/c25-18-10-11-21-17(13-18)14-22(23-9-4-12-29-23)27(21)15-24(28)26-20-8-3-6-16-5-1-2-7-19(16)20/h1-2,4-5,7,9-14,20H,3,6,8,15H2,(H,26,28)/t20-/m1/s1. The Balaban J connectivity index is 1.46. The molecular formula is C24H21FN2OS. The maximum atomic E-state index is 13.7. The van der Waals surface area contributed by atoms with Crippen LogP contribution >= 0.6 is 11.3 Å². The first-order valence-corrected chi connectivity index (χ1v) is 10.8. The third kappa shape index (κ3) is 3.47. The molecule has 5 rings (SSSR count). The summed E-state index contributed by atoms with van der Waals surface area (Å²) in [6.45, 7) is 0.209. The van der Waals surface area contributed by atoms with Crippen LogP contribution in [0.1, 0.15) is 30.0 Å². The molecule has 4 aromatic rings. The highest BCUT2D eigenvalue weighted by molar-refractivity contribution is 7.13. The van der Waals surface area contributed by atoms with Crippen LogP contribution in [0.25, 0.3) is 21.5 Å². The number of nitrogens with one attached hydrogen (secondary N) is 1. The Hall–Kier alpha value is -2.92. The number of halogens is 1. The Bertz CT molecular complexity index is 1180. The van der Waals surface area contributed by atoms with Crippen LogP contribution in [0.2, 0.25) is 0 Å². The van der Waals surface area contributed by atoms with Crippen LogP contribution in [0, 0.1) is 5.82 Å². The van der Waals surface area contributed by atoms with Crippen LogP contribution in [0.15, 0.2) is 66.0 Å². The summed E-state index contributed by atoms with van der Waals surface area (Å²) in [7, 11) is 0. The molecule has 0 saturated heterocycles. The zero-order chi connectivity index (χ0) is 19.8. The van der Waals surface area contributed by atoms with Gasteiger partial charge >= 0.3 is 0 Å². The first-order chi connectivity index (χ1) is 14.2. The number of amides is 1. The van der Waals surface area contributed by atoms with Gasteiger partial charge in [0.25, 0.3) is 0 Å². The minimum absolute atomic E-state index is 0.0219. The molecule has 1 N–H and O–H groups in total. The zero-order valence-corrected chi connectivity index (χ0v) is 16.7. The van der Waals surface area contributed by atoms with Crippen molar-refractivity contribution in [3.05, 3.63) is 83.0 Å². The molecule has 0 radical (unpaired) electrons. The maximum Gasteiger partial charge on any atom is 0.240 e. The summed E-state index contributed by atoms with van der Waals surface area (Å²) in [5.74, 6) is -0.290. The van der Waals surface area contributed by atoms with E-state index in [0.29, 0.717) is 0 Å². The van der Waals surface area contributed by atoms with Crippen molar-refractivity contribution < 1.29 is 9.18 Å². The predicted molar refractivity (Wildman–Crippen MR) is 115 cm³/mol. The number of carbonyl (C=O) groups is 1. The van der Waals surface area contributed by atoms with Gasteiger partial charge in [-0.25, -0.2) is 4.39 Å². The molecule has 2 aromatic heterocycles. The van der Waals surface area contributed by atoms with Gasteiger partial charge in [0.05, 0.1) is 16.6 Å². The van der Waals surface area contributed by atoms with E-state index in [1.54, 1.807) is 17.4 Å². The topological polar surface area (TPSA) is 34.0 Å². The van der Waals surface area contributed by atoms with E-state index in [0.717, 1.165) is 40.7 Å². The highest BCUT2D eigenvalue weighted by Gasteiger charge is 2.22. The second kappa shape index (κ2) is 7.48. The number of benzene rings is 2. The fourth-order valence-corrected chi connectivity index (χ4v) is 5.08. The van der Waals surface area contributed by atoms with Gasteiger partial charge in [-0.2, -0.15) is 0 Å². The number of thiophene rings is 1. The lowest BCUT2D eigenvalue weighted by Crippen LogP contribution is -2.33. The second-order valence-electron chi connectivity index (χ2n) is 7.51. The number of fused-ring (bicyclic) bond motifs is 2. The van der Waals surface area contributed by atoms with Crippen LogP contribution in [-0.4, -0.2) is 10.5 Å². The second-order valence-corrected chi connectivity index (χ2v) is 8.45. The summed E-state index contributed by atoms with van der Waals surface area (Å²) >= 11 is 1.62. The molecule has 3 nitrogen and oxygen atoms in total. The van der Waals surface area contributed by atoms with Gasteiger partial charge in [-0.15, -0.1) is 11.3 Å². The quantitative estimate of drug-likeness (QED) is 0.465. The molecule has 0 saturated carbocycles. The van der Waals surface area contributed by atoms with Crippen molar-refractivity contribution in [2.24, 2.45) is 0 Å². The third-order valence-corrected chi connectivity index (χ3v) is 6.54. The smallest absolute Gasteiger partial charge is 0.240 e. The average molecular weight is 405 g/mol. The number of aromatic nitrogens is 1. The van der Waals surface area contributed by atoms with Crippen molar-refractivity contribution >= 4 is 28.1 Å². The number of carbonyl (C=O) groups excluding carboxylic acids is 1. The van der Waals surface area contributed by atoms with Crippen LogP contribution in [0.5, 0.6) is 0 Å². The molecule has 2 aromatic carbocycles. The molecule has 0 bridgehead atoms. The van der Waals surface area contributed by atoms with Crippen molar-refractivity contribution in [2.75, 3.05) is 0 Å². The highest BCUT2D eigenvalue weighted by Crippen LogP contribution is 2.32. The van der Waals surface area contributed by atoms with Crippen LogP contribution in [0.3, 0.4) is 0 Å². The van der Waals surface area contributed by atoms with Crippen molar-refractivity contribution in [1.82, 2.24) is 9.88 Å². The van der Waals surface area contributed by atoms with E-state index in [4.69, 9.17) is 0 Å². The molecule has 0 spiro atoms. The number of nitrogens with zero attached hydrogens (tertiary/aromatic N) is 1. The number of hydrogen-bond acceptors (Lipinski definition) is 2. The predicted octanol–water partition coefficient (Wildman–Crippen LogP) is 5.70. The summed E-state index contributed by atoms with van der Waals surface area (Å²) in [6.07, 6.45) is 3.10. The number of aryl methyl sites for hydroxylation is 1. The molecule has 2 heterocycles. The van der Waals surface area contributed by atoms with Gasteiger partial charge in [-0.05, 0) is 66.1 Å². The van der Waals surface area contributed by atoms with Gasteiger partial charge in [0.15, 0.2) is 0 Å². The van der Waals surface area contributed by atoms with Crippen molar-refractivity contribution in [3.8, 4) is 10.6 Å². The van der Waals surface area contributed by atoms with Gasteiger partial charge in [-0.3, -0.25) is 4.79 Å². The molecule has 146 valence electrons. The molecule has 0 unspecified atom stereocenters. The van der Waals surface area contributed by atoms with E-state index in [-0.39, 0.29) is 24.3 Å². The zero-order valence-electron chi connectivity index (χ0n) is 15.9. The lowest BCUT2D eigenvalue weighted by atomic mass is 9.88. The molecule has 1 amide bonds. The van der Waals surface area contributed by atoms with Gasteiger partial charge < -0.3 is 9.88 Å². The Morgan fingerprint density at radius 1 is 1.14 bits per heavy atom. The molecule has 1 atom stereocenters. The lowest BCUT2D eigenvalue weighted by molar-refractivity contribution is -0.122. The Kier molecular flexibility index (Phi) is 4.68. The largest absolute Gasteiger partial charge is 0.348 e. The van der Waals surface area contributed by atoms with E-state index < -0.39 is 0 Å². The van der Waals surface area contributed by atoms with Gasteiger partial charge in [0.1, 0.15) is 12.4 Å². The molecule has 5 heteroatoms. The third-order valence-electron chi connectivity index (χ3n) is 5.64. The number of hydrogen-bond donors (Lipinski definition) is 1. The molecule has 0 fully saturated rings. The van der Waals surface area contributed by atoms with E-state index in [2.05, 4.69) is 23.5 Å². The van der Waals surface area contributed by atoms with E-state index >= 15 is 0 Å². The van der Waals surface area contributed by atoms with Crippen molar-refractivity contribution in [3.63, 3.8) is 0 Å². The summed E-state index contributed by atoms with van der Waals surface area (Å²) in [5.41, 5.74) is 4.36. The summed E-state index contributed by atoms with van der Waals surface area (Å²) < 4.78 is 15.7. The van der Waals surface area contributed by atoms with Gasteiger partial charge in [0.2, 0.25) is 5.91 Å². The minimum Gasteiger partial charge on any atom is -0.348 e. The summed E-state index contributed by atoms with van der Waals surface area (Å²) in [5, 5.41) is 6.05. The van der Waals surface area contributed by atoms with Crippen LogP contribution in [-0.2, 0) is 17.8 Å². The molecular weight excluding hydrogens is 383 g/mol. The summed E-state index contributed by atoms with van der Waals surface area (Å²) in [6, 6.07) is 19.1. The Labute approximate surface area is 172 Å². The number of rotatable bonds is 4. The Morgan fingerprint density at radius 3 is 2.90 bits per heavy atom.